The largest absolute Gasteiger partial charge is 0.240 e. The molecule has 62 valence electrons. The molecule has 0 atom stereocenters. The van der Waals surface area contributed by atoms with Gasteiger partial charge in [0.1, 0.15) is 0 Å². The van der Waals surface area contributed by atoms with E-state index in [9.17, 15) is 4.79 Å². The lowest BCUT2D eigenvalue weighted by molar-refractivity contribution is 0.565. The van der Waals surface area contributed by atoms with Gasteiger partial charge in [0.2, 0.25) is 6.08 Å². The zero-order chi connectivity index (χ0) is 8.97. The average molecular weight is 161 g/mol. The second-order valence-electron chi connectivity index (χ2n) is 2.68. The molecule has 0 heterocycles. The lowest BCUT2D eigenvalue weighted by Gasteiger charge is -2.00. The van der Waals surface area contributed by atoms with E-state index in [-0.39, 0.29) is 0 Å². The van der Waals surface area contributed by atoms with E-state index in [1.165, 1.54) is 11.6 Å². The zero-order valence-corrected chi connectivity index (χ0v) is 7.29. The van der Waals surface area contributed by atoms with Gasteiger partial charge in [-0.15, -0.1) is 0 Å². The van der Waals surface area contributed by atoms with E-state index in [0.29, 0.717) is 5.69 Å². The Balaban J connectivity index is 3.11. The van der Waals surface area contributed by atoms with Crippen molar-refractivity contribution in [2.45, 2.75) is 20.3 Å². The Labute approximate surface area is 71.9 Å². The highest BCUT2D eigenvalue weighted by Crippen LogP contribution is 2.18. The molecule has 0 aliphatic carbocycles. The van der Waals surface area contributed by atoms with E-state index < -0.39 is 0 Å². The third-order valence-corrected chi connectivity index (χ3v) is 1.84. The first kappa shape index (κ1) is 8.69. The van der Waals surface area contributed by atoms with Crippen molar-refractivity contribution in [3.05, 3.63) is 29.3 Å². The molecular formula is C10H11NO. The van der Waals surface area contributed by atoms with Crippen LogP contribution < -0.4 is 0 Å². The lowest BCUT2D eigenvalue weighted by Crippen LogP contribution is -1.81. The lowest BCUT2D eigenvalue weighted by atomic mass is 10.1. The third-order valence-electron chi connectivity index (χ3n) is 1.84. The molecule has 1 rings (SSSR count). The highest BCUT2D eigenvalue weighted by molar-refractivity contribution is 5.54. The monoisotopic (exact) mass is 161 g/mol. The van der Waals surface area contributed by atoms with Crippen LogP contribution in [0.15, 0.2) is 23.2 Å². The van der Waals surface area contributed by atoms with E-state index in [0.717, 1.165) is 12.0 Å². The molecule has 0 unspecified atom stereocenters. The van der Waals surface area contributed by atoms with Crippen molar-refractivity contribution in [1.29, 1.82) is 0 Å². The molecule has 0 aromatic heterocycles. The molecule has 0 aliphatic rings. The highest BCUT2D eigenvalue weighted by atomic mass is 16.1. The maximum absolute atomic E-state index is 9.99. The summed E-state index contributed by atoms with van der Waals surface area (Å²) < 4.78 is 0. The van der Waals surface area contributed by atoms with Crippen LogP contribution in [0.2, 0.25) is 0 Å². The molecule has 12 heavy (non-hydrogen) atoms. The Morgan fingerprint density at radius 1 is 1.50 bits per heavy atom. The molecule has 0 saturated carbocycles. The van der Waals surface area contributed by atoms with Crippen molar-refractivity contribution >= 4 is 11.8 Å². The predicted molar refractivity (Wildman–Crippen MR) is 48.3 cm³/mol. The number of rotatable bonds is 2. The first-order chi connectivity index (χ1) is 5.77. The quantitative estimate of drug-likeness (QED) is 0.484. The fourth-order valence-corrected chi connectivity index (χ4v) is 1.11. The Bertz CT molecular complexity index is 325. The topological polar surface area (TPSA) is 29.4 Å². The van der Waals surface area contributed by atoms with Crippen molar-refractivity contribution in [3.8, 4) is 0 Å². The zero-order valence-electron chi connectivity index (χ0n) is 7.29. The normalized spacial score (nSPS) is 9.17. The fraction of sp³-hybridized carbons (Fsp3) is 0.300. The molecular weight excluding hydrogens is 150 g/mol. The van der Waals surface area contributed by atoms with Gasteiger partial charge in [-0.1, -0.05) is 19.1 Å². The summed E-state index contributed by atoms with van der Waals surface area (Å²) in [6.07, 6.45) is 2.54. The van der Waals surface area contributed by atoms with Gasteiger partial charge in [0.25, 0.3) is 0 Å². The molecule has 0 radical (unpaired) electrons. The van der Waals surface area contributed by atoms with Gasteiger partial charge in [-0.05, 0) is 30.5 Å². The van der Waals surface area contributed by atoms with Crippen molar-refractivity contribution in [1.82, 2.24) is 0 Å². The van der Waals surface area contributed by atoms with Crippen LogP contribution in [0, 0.1) is 6.92 Å². The molecule has 0 saturated heterocycles. The average Bonchev–Trinajstić information content (AvgIpc) is 2.09. The van der Waals surface area contributed by atoms with E-state index in [2.05, 4.69) is 11.9 Å². The molecule has 0 fully saturated rings. The van der Waals surface area contributed by atoms with Crippen LogP contribution in [0.4, 0.5) is 5.69 Å². The van der Waals surface area contributed by atoms with Crippen molar-refractivity contribution in [3.63, 3.8) is 0 Å². The van der Waals surface area contributed by atoms with Crippen LogP contribution in [0.25, 0.3) is 0 Å². The standard InChI is InChI=1S/C10H11NO/c1-3-9-4-5-10(11-7-12)8(2)6-9/h4-6H,3H2,1-2H3. The molecule has 2 heteroatoms. The minimum atomic E-state index is 0.710. The summed E-state index contributed by atoms with van der Waals surface area (Å²) in [7, 11) is 0. The summed E-state index contributed by atoms with van der Waals surface area (Å²) in [5.74, 6) is 0. The minimum absolute atomic E-state index is 0.710. The second kappa shape index (κ2) is 3.84. The number of hydrogen-bond acceptors (Lipinski definition) is 2. The minimum Gasteiger partial charge on any atom is -0.211 e. The van der Waals surface area contributed by atoms with E-state index in [1.807, 2.05) is 25.1 Å². The van der Waals surface area contributed by atoms with Crippen molar-refractivity contribution in [2.24, 2.45) is 4.99 Å². The number of isocyanates is 1. The number of hydrogen-bond donors (Lipinski definition) is 0. The second-order valence-corrected chi connectivity index (χ2v) is 2.68. The summed E-state index contributed by atoms with van der Waals surface area (Å²) in [5.41, 5.74) is 3.00. The number of aryl methyl sites for hydroxylation is 2. The van der Waals surface area contributed by atoms with Crippen LogP contribution in [0.3, 0.4) is 0 Å². The van der Waals surface area contributed by atoms with E-state index in [1.54, 1.807) is 0 Å². The van der Waals surface area contributed by atoms with Crippen LogP contribution in [0.5, 0.6) is 0 Å². The smallest absolute Gasteiger partial charge is 0.211 e. The van der Waals surface area contributed by atoms with Crippen molar-refractivity contribution < 1.29 is 4.79 Å². The van der Waals surface area contributed by atoms with Gasteiger partial charge in [0, 0.05) is 0 Å². The Hall–Kier alpha value is -1.40. The van der Waals surface area contributed by atoms with Crippen molar-refractivity contribution in [2.75, 3.05) is 0 Å². The van der Waals surface area contributed by atoms with E-state index >= 15 is 0 Å². The van der Waals surface area contributed by atoms with Gasteiger partial charge < -0.3 is 0 Å². The van der Waals surface area contributed by atoms with E-state index in [4.69, 9.17) is 0 Å². The number of nitrogens with zero attached hydrogens (tertiary/aromatic N) is 1. The molecule has 1 aromatic carbocycles. The molecule has 2 nitrogen and oxygen atoms in total. The summed E-state index contributed by atoms with van der Waals surface area (Å²) >= 11 is 0. The fourth-order valence-electron chi connectivity index (χ4n) is 1.11. The van der Waals surface area contributed by atoms with Crippen LogP contribution >= 0.6 is 0 Å². The molecule has 0 bridgehead atoms. The third kappa shape index (κ3) is 1.80. The van der Waals surface area contributed by atoms with Gasteiger partial charge >= 0.3 is 0 Å². The number of benzene rings is 1. The maximum Gasteiger partial charge on any atom is 0.240 e. The van der Waals surface area contributed by atoms with Gasteiger partial charge in [-0.2, -0.15) is 4.99 Å². The number of aliphatic imine (C=N–C) groups is 1. The first-order valence-electron chi connectivity index (χ1n) is 3.95. The Kier molecular flexibility index (Phi) is 2.78. The predicted octanol–water partition coefficient (Wildman–Crippen LogP) is 2.52. The maximum atomic E-state index is 9.99. The summed E-state index contributed by atoms with van der Waals surface area (Å²) in [4.78, 5) is 13.6. The van der Waals surface area contributed by atoms with Gasteiger partial charge in [-0.25, -0.2) is 4.79 Å². The first-order valence-corrected chi connectivity index (χ1v) is 3.95. The molecule has 0 N–H and O–H groups in total. The molecule has 0 amide bonds. The van der Waals surface area contributed by atoms with Crippen LogP contribution in [-0.2, 0) is 11.2 Å². The van der Waals surface area contributed by atoms with Gasteiger partial charge in [0.15, 0.2) is 0 Å². The van der Waals surface area contributed by atoms with Gasteiger partial charge in [0.05, 0.1) is 5.69 Å². The van der Waals surface area contributed by atoms with Crippen LogP contribution in [0.1, 0.15) is 18.1 Å². The summed E-state index contributed by atoms with van der Waals surface area (Å²) in [5, 5.41) is 0. The number of carbonyl (C=O) groups excluding carboxylic acids is 1. The van der Waals surface area contributed by atoms with Gasteiger partial charge in [-0.3, -0.25) is 0 Å². The molecule has 1 aromatic rings. The highest BCUT2D eigenvalue weighted by Gasteiger charge is 1.96. The summed E-state index contributed by atoms with van der Waals surface area (Å²) in [6, 6.07) is 5.86. The van der Waals surface area contributed by atoms with Crippen LogP contribution in [-0.4, -0.2) is 6.08 Å². The Morgan fingerprint density at radius 3 is 2.75 bits per heavy atom. The summed E-state index contributed by atoms with van der Waals surface area (Å²) in [6.45, 7) is 4.03. The Morgan fingerprint density at radius 2 is 2.25 bits per heavy atom. The molecule has 0 aliphatic heterocycles. The SMILES string of the molecule is CCc1ccc(N=C=O)c(C)c1. The molecule has 0 spiro atoms.